The Bertz CT molecular complexity index is 752. The van der Waals surface area contributed by atoms with Crippen molar-refractivity contribution in [2.24, 2.45) is 0 Å². The molecule has 0 fully saturated rings. The van der Waals surface area contributed by atoms with Gasteiger partial charge in [0.05, 0.1) is 28.2 Å². The van der Waals surface area contributed by atoms with Crippen LogP contribution in [0.1, 0.15) is 10.4 Å². The van der Waals surface area contributed by atoms with Gasteiger partial charge in [-0.1, -0.05) is 11.8 Å². The second kappa shape index (κ2) is 6.44. The number of benzene rings is 2. The summed E-state index contributed by atoms with van der Waals surface area (Å²) in [6.07, 6.45) is 0. The minimum absolute atomic E-state index is 0.000103. The summed E-state index contributed by atoms with van der Waals surface area (Å²) in [5.74, 6) is -1.27. The minimum atomic E-state index is -0.668. The van der Waals surface area contributed by atoms with Crippen LogP contribution >= 0.6 is 11.8 Å². The number of ether oxygens (including phenoxy) is 1. The number of carbonyl (C=O) groups is 1. The first-order valence-electron chi connectivity index (χ1n) is 6.02. The molecule has 6 nitrogen and oxygen atoms in total. The lowest BCUT2D eigenvalue weighted by atomic mass is 10.2. The Morgan fingerprint density at radius 3 is 2.64 bits per heavy atom. The van der Waals surface area contributed by atoms with Gasteiger partial charge in [0.2, 0.25) is 0 Å². The third kappa shape index (κ3) is 3.34. The van der Waals surface area contributed by atoms with Crippen molar-refractivity contribution < 1.29 is 18.8 Å². The van der Waals surface area contributed by atoms with Gasteiger partial charge in [-0.05, 0) is 30.3 Å². The van der Waals surface area contributed by atoms with Crippen LogP contribution in [0.5, 0.6) is 0 Å². The molecule has 2 aromatic carbocycles. The number of nitro groups is 1. The van der Waals surface area contributed by atoms with Crippen LogP contribution in [0, 0.1) is 15.9 Å². The first kappa shape index (κ1) is 15.8. The van der Waals surface area contributed by atoms with Gasteiger partial charge in [0.25, 0.3) is 5.69 Å². The number of nitrogens with zero attached hydrogens (tertiary/aromatic N) is 1. The molecule has 0 atom stereocenters. The van der Waals surface area contributed by atoms with Crippen LogP contribution in [0.2, 0.25) is 0 Å². The zero-order chi connectivity index (χ0) is 16.3. The smallest absolute Gasteiger partial charge is 0.338 e. The maximum absolute atomic E-state index is 13.4. The van der Waals surface area contributed by atoms with Crippen LogP contribution in [0.25, 0.3) is 0 Å². The number of methoxy groups -OCH3 is 1. The van der Waals surface area contributed by atoms with E-state index in [-0.39, 0.29) is 21.8 Å². The van der Waals surface area contributed by atoms with E-state index in [2.05, 4.69) is 4.74 Å². The Balaban J connectivity index is 2.39. The second-order valence-corrected chi connectivity index (χ2v) is 5.33. The van der Waals surface area contributed by atoms with E-state index in [1.807, 2.05) is 0 Å². The van der Waals surface area contributed by atoms with Crippen molar-refractivity contribution in [3.05, 3.63) is 57.9 Å². The lowest BCUT2D eigenvalue weighted by Crippen LogP contribution is -2.02. The molecule has 0 unspecified atom stereocenters. The van der Waals surface area contributed by atoms with Gasteiger partial charge in [-0.3, -0.25) is 10.1 Å². The molecule has 8 heteroatoms. The molecule has 0 saturated heterocycles. The molecule has 22 heavy (non-hydrogen) atoms. The molecule has 0 aliphatic heterocycles. The van der Waals surface area contributed by atoms with E-state index < -0.39 is 16.7 Å². The normalized spacial score (nSPS) is 10.3. The van der Waals surface area contributed by atoms with Crippen LogP contribution in [-0.2, 0) is 4.74 Å². The number of rotatable bonds is 4. The van der Waals surface area contributed by atoms with Crippen LogP contribution < -0.4 is 5.73 Å². The fourth-order valence-corrected chi connectivity index (χ4v) is 2.62. The standard InChI is InChI=1S/C14H11FN2O4S/c1-21-14(18)8-2-5-13(12(6-8)17(19)20)22-9-3-4-11(16)10(15)7-9/h2-7H,16H2,1H3. The molecule has 2 aromatic rings. The minimum Gasteiger partial charge on any atom is -0.465 e. The number of hydrogen-bond donors (Lipinski definition) is 1. The zero-order valence-corrected chi connectivity index (χ0v) is 12.2. The number of carbonyl (C=O) groups excluding carboxylic acids is 1. The van der Waals surface area contributed by atoms with Gasteiger partial charge in [0.15, 0.2) is 0 Å². The molecule has 0 spiro atoms. The molecule has 114 valence electrons. The summed E-state index contributed by atoms with van der Waals surface area (Å²) in [5.41, 5.74) is 5.20. The van der Waals surface area contributed by atoms with Gasteiger partial charge in [0.1, 0.15) is 5.82 Å². The summed E-state index contributed by atoms with van der Waals surface area (Å²) in [6.45, 7) is 0. The monoisotopic (exact) mass is 322 g/mol. The van der Waals surface area contributed by atoms with Crippen LogP contribution in [0.4, 0.5) is 15.8 Å². The van der Waals surface area contributed by atoms with Gasteiger partial charge in [-0.15, -0.1) is 0 Å². The first-order chi connectivity index (χ1) is 10.4. The molecule has 0 bridgehead atoms. The van der Waals surface area contributed by atoms with Crippen molar-refractivity contribution in [1.82, 2.24) is 0 Å². The van der Waals surface area contributed by atoms with E-state index in [0.717, 1.165) is 17.8 Å². The molecule has 0 heterocycles. The second-order valence-electron chi connectivity index (χ2n) is 4.22. The number of halogens is 1. The van der Waals surface area contributed by atoms with E-state index in [0.29, 0.717) is 4.90 Å². The summed E-state index contributed by atoms with van der Waals surface area (Å²) in [6, 6.07) is 8.09. The van der Waals surface area contributed by atoms with Crippen LogP contribution in [0.15, 0.2) is 46.2 Å². The zero-order valence-electron chi connectivity index (χ0n) is 11.4. The fraction of sp³-hybridized carbons (Fsp3) is 0.0714. The van der Waals surface area contributed by atoms with Crippen molar-refractivity contribution in [3.8, 4) is 0 Å². The number of hydrogen-bond acceptors (Lipinski definition) is 6. The SMILES string of the molecule is COC(=O)c1ccc(Sc2ccc(N)c(F)c2)c([N+](=O)[O-])c1. The molecule has 0 radical (unpaired) electrons. The predicted molar refractivity (Wildman–Crippen MR) is 79.4 cm³/mol. The van der Waals surface area contributed by atoms with E-state index >= 15 is 0 Å². The van der Waals surface area contributed by atoms with Crippen molar-refractivity contribution >= 4 is 29.1 Å². The van der Waals surface area contributed by atoms with E-state index in [9.17, 15) is 19.3 Å². The molecular weight excluding hydrogens is 311 g/mol. The maximum atomic E-state index is 13.4. The lowest BCUT2D eigenvalue weighted by Gasteiger charge is -2.06. The number of nitrogens with two attached hydrogens (primary N) is 1. The van der Waals surface area contributed by atoms with Crippen molar-refractivity contribution in [2.45, 2.75) is 9.79 Å². The van der Waals surface area contributed by atoms with E-state index in [1.54, 1.807) is 6.07 Å². The average Bonchev–Trinajstić information content (AvgIpc) is 2.50. The van der Waals surface area contributed by atoms with Gasteiger partial charge in [0, 0.05) is 11.0 Å². The molecule has 2 rings (SSSR count). The highest BCUT2D eigenvalue weighted by Gasteiger charge is 2.19. The molecule has 0 aliphatic rings. The Labute approximate surface area is 129 Å². The molecule has 2 N–H and O–H groups in total. The largest absolute Gasteiger partial charge is 0.465 e. The number of nitro benzene ring substituents is 1. The highest BCUT2D eigenvalue weighted by atomic mass is 32.2. The van der Waals surface area contributed by atoms with E-state index in [1.165, 1.54) is 31.4 Å². The number of anilines is 1. The van der Waals surface area contributed by atoms with Gasteiger partial charge >= 0.3 is 5.97 Å². The van der Waals surface area contributed by atoms with Gasteiger partial charge < -0.3 is 10.5 Å². The lowest BCUT2D eigenvalue weighted by molar-refractivity contribution is -0.387. The predicted octanol–water partition coefficient (Wildman–Crippen LogP) is 3.25. The molecule has 0 aliphatic carbocycles. The summed E-state index contributed by atoms with van der Waals surface area (Å²) in [4.78, 5) is 22.7. The van der Waals surface area contributed by atoms with Gasteiger partial charge in [-0.2, -0.15) is 0 Å². The van der Waals surface area contributed by atoms with Crippen LogP contribution in [-0.4, -0.2) is 18.0 Å². The van der Waals surface area contributed by atoms with Crippen molar-refractivity contribution in [2.75, 3.05) is 12.8 Å². The highest BCUT2D eigenvalue weighted by Crippen LogP contribution is 2.36. The molecular formula is C14H11FN2O4S. The average molecular weight is 322 g/mol. The number of nitrogen functional groups attached to an aromatic ring is 1. The molecule has 0 amide bonds. The third-order valence-corrected chi connectivity index (χ3v) is 3.83. The molecule has 0 saturated carbocycles. The molecule has 0 aromatic heterocycles. The Kier molecular flexibility index (Phi) is 4.62. The summed E-state index contributed by atoms with van der Waals surface area (Å²) < 4.78 is 17.9. The maximum Gasteiger partial charge on any atom is 0.338 e. The quantitative estimate of drug-likeness (QED) is 0.402. The van der Waals surface area contributed by atoms with Crippen molar-refractivity contribution in [3.63, 3.8) is 0 Å². The number of esters is 1. The summed E-state index contributed by atoms with van der Waals surface area (Å²) >= 11 is 1.00. The Hall–Kier alpha value is -2.61. The Morgan fingerprint density at radius 1 is 1.32 bits per heavy atom. The Morgan fingerprint density at radius 2 is 2.05 bits per heavy atom. The third-order valence-electron chi connectivity index (χ3n) is 2.78. The highest BCUT2D eigenvalue weighted by molar-refractivity contribution is 7.99. The topological polar surface area (TPSA) is 95.5 Å². The van der Waals surface area contributed by atoms with Crippen molar-refractivity contribution in [1.29, 1.82) is 0 Å². The van der Waals surface area contributed by atoms with Crippen LogP contribution in [0.3, 0.4) is 0 Å². The fourth-order valence-electron chi connectivity index (χ4n) is 1.69. The first-order valence-corrected chi connectivity index (χ1v) is 6.83. The van der Waals surface area contributed by atoms with E-state index in [4.69, 9.17) is 5.73 Å². The summed E-state index contributed by atoms with van der Waals surface area (Å²) in [5, 5.41) is 11.1. The summed E-state index contributed by atoms with van der Waals surface area (Å²) in [7, 11) is 1.19. The van der Waals surface area contributed by atoms with Gasteiger partial charge in [-0.25, -0.2) is 9.18 Å².